The molecule has 2 atom stereocenters. The van der Waals surface area contributed by atoms with E-state index < -0.39 is 11.4 Å². The Morgan fingerprint density at radius 3 is 3.09 bits per heavy atom. The van der Waals surface area contributed by atoms with Gasteiger partial charge in [0, 0.05) is 37.9 Å². The lowest BCUT2D eigenvalue weighted by atomic mass is 9.98. The molecule has 11 nitrogen and oxygen atoms in total. The number of hydrogen-bond acceptors (Lipinski definition) is 10. The second-order valence-corrected chi connectivity index (χ2v) is 10.6. The molecule has 2 aliphatic rings. The number of thioether (sulfide) groups is 1. The van der Waals surface area contributed by atoms with E-state index in [0.717, 1.165) is 28.5 Å². The number of morpholine rings is 1. The molecule has 2 unspecified atom stereocenters. The molecule has 34 heavy (non-hydrogen) atoms. The average molecular weight is 507 g/mol. The van der Waals surface area contributed by atoms with Crippen LogP contribution in [0.15, 0.2) is 32.9 Å². The summed E-state index contributed by atoms with van der Waals surface area (Å²) in [6, 6.07) is 3.68. The van der Waals surface area contributed by atoms with Gasteiger partial charge >= 0.3 is 5.76 Å². The second kappa shape index (κ2) is 10.0. The molecule has 0 aromatic carbocycles. The van der Waals surface area contributed by atoms with Crippen molar-refractivity contribution in [2.24, 2.45) is 0 Å². The molecule has 0 aliphatic carbocycles. The monoisotopic (exact) mass is 506 g/mol. The van der Waals surface area contributed by atoms with Gasteiger partial charge in [0.1, 0.15) is 0 Å². The standard InChI is InChI=1S/C21H26N6O5S2/c28-18(3-5-27-20(29)32-19(23-27)17-2-1-8-34-17)25-6-7-31-16(12-25)13-26-11-15(22-24-26)10-21(30)4-9-33-14-21/h1-2,8,11,16,30H,3-7,9-10,12-14H2. The van der Waals surface area contributed by atoms with Crippen LogP contribution in [-0.2, 0) is 29.0 Å². The van der Waals surface area contributed by atoms with Gasteiger partial charge in [-0.1, -0.05) is 11.3 Å². The van der Waals surface area contributed by atoms with Crippen LogP contribution >= 0.6 is 23.1 Å². The van der Waals surface area contributed by atoms with Crippen molar-refractivity contribution in [3.8, 4) is 10.8 Å². The number of nitrogens with zero attached hydrogens (tertiary/aromatic N) is 6. The minimum absolute atomic E-state index is 0.0684. The smallest absolute Gasteiger partial charge is 0.389 e. The number of aromatic nitrogens is 5. The van der Waals surface area contributed by atoms with Crippen molar-refractivity contribution in [2.45, 2.75) is 44.1 Å². The predicted octanol–water partition coefficient (Wildman–Crippen LogP) is 0.884. The number of carbonyl (C=O) groups is 1. The van der Waals surface area contributed by atoms with E-state index in [0.29, 0.717) is 32.7 Å². The van der Waals surface area contributed by atoms with E-state index in [4.69, 9.17) is 9.15 Å². The quantitative estimate of drug-likeness (QED) is 0.473. The van der Waals surface area contributed by atoms with Crippen molar-refractivity contribution in [2.75, 3.05) is 31.2 Å². The van der Waals surface area contributed by atoms with Crippen LogP contribution in [0.3, 0.4) is 0 Å². The lowest BCUT2D eigenvalue weighted by Gasteiger charge is -2.32. The van der Waals surface area contributed by atoms with Crippen LogP contribution < -0.4 is 5.76 Å². The molecule has 5 rings (SSSR count). The number of carbonyl (C=O) groups excluding carboxylic acids is 1. The van der Waals surface area contributed by atoms with Crippen LogP contribution in [0.25, 0.3) is 10.8 Å². The lowest BCUT2D eigenvalue weighted by Crippen LogP contribution is -2.47. The summed E-state index contributed by atoms with van der Waals surface area (Å²) in [4.78, 5) is 27.4. The maximum Gasteiger partial charge on any atom is 0.437 e. The van der Waals surface area contributed by atoms with E-state index in [1.54, 1.807) is 21.3 Å². The summed E-state index contributed by atoms with van der Waals surface area (Å²) in [5, 5.41) is 25.0. The number of amides is 1. The molecule has 0 bridgehead atoms. The van der Waals surface area contributed by atoms with Gasteiger partial charge in [-0.25, -0.2) is 9.48 Å². The van der Waals surface area contributed by atoms with Crippen molar-refractivity contribution < 1.29 is 19.1 Å². The van der Waals surface area contributed by atoms with Crippen LogP contribution in [0.4, 0.5) is 0 Å². The van der Waals surface area contributed by atoms with Crippen molar-refractivity contribution in [1.29, 1.82) is 0 Å². The summed E-state index contributed by atoms with van der Waals surface area (Å²) in [5.74, 6) is 1.31. The van der Waals surface area contributed by atoms with Gasteiger partial charge in [-0.05, 0) is 23.6 Å². The summed E-state index contributed by atoms with van der Waals surface area (Å²) in [7, 11) is 0. The normalized spacial score (nSPS) is 23.0. The Hall–Kier alpha value is -2.48. The van der Waals surface area contributed by atoms with E-state index >= 15 is 0 Å². The van der Waals surface area contributed by atoms with Crippen molar-refractivity contribution in [3.05, 3.63) is 40.0 Å². The summed E-state index contributed by atoms with van der Waals surface area (Å²) >= 11 is 3.18. The fourth-order valence-electron chi connectivity index (χ4n) is 4.15. The molecule has 182 valence electrons. The lowest BCUT2D eigenvalue weighted by molar-refractivity contribution is -0.139. The minimum Gasteiger partial charge on any atom is -0.389 e. The first-order chi connectivity index (χ1) is 16.5. The number of rotatable bonds is 8. The zero-order valence-corrected chi connectivity index (χ0v) is 20.2. The SMILES string of the molecule is O=C(CCn1nc(-c2cccs2)oc1=O)N1CCOC(Cn2cc(CC3(O)CCSC3)nn2)C1. The van der Waals surface area contributed by atoms with Gasteiger partial charge in [-0.3, -0.25) is 4.79 Å². The fourth-order valence-corrected chi connectivity index (χ4v) is 6.09. The highest BCUT2D eigenvalue weighted by Gasteiger charge is 2.33. The number of hydrogen-bond donors (Lipinski definition) is 1. The molecule has 0 saturated carbocycles. The van der Waals surface area contributed by atoms with Gasteiger partial charge in [0.25, 0.3) is 5.89 Å². The Balaban J connectivity index is 1.13. The first-order valence-electron chi connectivity index (χ1n) is 11.2. The van der Waals surface area contributed by atoms with E-state index in [1.165, 1.54) is 16.0 Å². The molecule has 2 aliphatic heterocycles. The van der Waals surface area contributed by atoms with Crippen LogP contribution in [-0.4, -0.2) is 83.6 Å². The average Bonchev–Trinajstić information content (AvgIpc) is 3.62. The predicted molar refractivity (Wildman–Crippen MR) is 126 cm³/mol. The molecule has 2 fully saturated rings. The van der Waals surface area contributed by atoms with E-state index in [1.807, 2.05) is 23.7 Å². The molecule has 0 spiro atoms. The summed E-state index contributed by atoms with van der Waals surface area (Å²) in [6.07, 6.45) is 3.03. The van der Waals surface area contributed by atoms with Crippen molar-refractivity contribution >= 4 is 29.0 Å². The molecular formula is C21H26N6O5S2. The molecular weight excluding hydrogens is 480 g/mol. The minimum atomic E-state index is -0.702. The highest BCUT2D eigenvalue weighted by molar-refractivity contribution is 7.99. The maximum absolute atomic E-state index is 12.8. The third-order valence-electron chi connectivity index (χ3n) is 5.94. The van der Waals surface area contributed by atoms with Crippen LogP contribution in [0.2, 0.25) is 0 Å². The molecule has 5 heterocycles. The van der Waals surface area contributed by atoms with Gasteiger partial charge < -0.3 is 19.2 Å². The van der Waals surface area contributed by atoms with Gasteiger partial charge in [-0.15, -0.1) is 21.5 Å². The zero-order chi connectivity index (χ0) is 23.5. The Bertz CT molecular complexity index is 1170. The summed E-state index contributed by atoms with van der Waals surface area (Å²) < 4.78 is 13.9. The van der Waals surface area contributed by atoms with Crippen LogP contribution in [0, 0.1) is 0 Å². The number of aryl methyl sites for hydroxylation is 1. The second-order valence-electron chi connectivity index (χ2n) is 8.59. The zero-order valence-electron chi connectivity index (χ0n) is 18.5. The first-order valence-corrected chi connectivity index (χ1v) is 13.2. The van der Waals surface area contributed by atoms with E-state index in [2.05, 4.69) is 15.4 Å². The summed E-state index contributed by atoms with van der Waals surface area (Å²) in [6.45, 7) is 1.99. The van der Waals surface area contributed by atoms with E-state index in [-0.39, 0.29) is 30.9 Å². The number of ether oxygens (including phenoxy) is 1. The molecule has 1 amide bonds. The van der Waals surface area contributed by atoms with Gasteiger partial charge in [0.05, 0.1) is 42.0 Å². The maximum atomic E-state index is 12.8. The molecule has 2 saturated heterocycles. The number of thiophene rings is 1. The Labute approximate surface area is 203 Å². The fraction of sp³-hybridized carbons (Fsp3) is 0.571. The van der Waals surface area contributed by atoms with Gasteiger partial charge in [0.2, 0.25) is 5.91 Å². The largest absolute Gasteiger partial charge is 0.437 e. The first kappa shape index (κ1) is 23.3. The third kappa shape index (κ3) is 5.43. The topological polar surface area (TPSA) is 129 Å². The third-order valence-corrected chi connectivity index (χ3v) is 8.03. The molecule has 13 heteroatoms. The molecule has 1 N–H and O–H groups in total. The Morgan fingerprint density at radius 1 is 1.38 bits per heavy atom. The van der Waals surface area contributed by atoms with Gasteiger partial charge in [-0.2, -0.15) is 16.4 Å². The van der Waals surface area contributed by atoms with E-state index in [9.17, 15) is 14.7 Å². The molecule has 3 aromatic rings. The highest BCUT2D eigenvalue weighted by atomic mass is 32.2. The van der Waals surface area contributed by atoms with Crippen molar-refractivity contribution in [1.82, 2.24) is 29.7 Å². The highest BCUT2D eigenvalue weighted by Crippen LogP contribution is 2.30. The van der Waals surface area contributed by atoms with Crippen LogP contribution in [0.5, 0.6) is 0 Å². The van der Waals surface area contributed by atoms with Crippen molar-refractivity contribution in [3.63, 3.8) is 0 Å². The molecule has 3 aromatic heterocycles. The number of aliphatic hydroxyl groups is 1. The Morgan fingerprint density at radius 2 is 2.29 bits per heavy atom. The summed E-state index contributed by atoms with van der Waals surface area (Å²) in [5.41, 5.74) is 0.0561. The van der Waals surface area contributed by atoms with Crippen LogP contribution in [0.1, 0.15) is 18.5 Å². The molecule has 0 radical (unpaired) electrons. The van der Waals surface area contributed by atoms with Gasteiger partial charge in [0.15, 0.2) is 0 Å². The Kier molecular flexibility index (Phi) is 6.86.